The van der Waals surface area contributed by atoms with E-state index < -0.39 is 0 Å². The van der Waals surface area contributed by atoms with Crippen LogP contribution in [0.15, 0.2) is 48.5 Å². The molecule has 1 aliphatic rings. The second kappa shape index (κ2) is 7.46. The Hall–Kier alpha value is -1.80. The van der Waals surface area contributed by atoms with Crippen molar-refractivity contribution in [2.45, 2.75) is 25.7 Å². The van der Waals surface area contributed by atoms with Crippen molar-refractivity contribution >= 4 is 0 Å². The third kappa shape index (κ3) is 3.89. The van der Waals surface area contributed by atoms with Gasteiger partial charge >= 0.3 is 0 Å². The number of ether oxygens (including phenoxy) is 1. The zero-order chi connectivity index (χ0) is 15.2. The standard InChI is InChI=1S/C20H25NO/c1-22-20-10-7-16(8-11-20)12-13-21-15-17-6-9-18-4-2-3-5-19(18)14-17/h2-5,7-8,10-11,17,21H,6,9,12-15H2,1H3/t17-/m0/s1. The molecular formula is C20H25NO. The predicted octanol–water partition coefficient (Wildman–Crippen LogP) is 3.63. The molecule has 0 bridgehead atoms. The molecule has 0 spiro atoms. The maximum Gasteiger partial charge on any atom is 0.118 e. The van der Waals surface area contributed by atoms with Crippen LogP contribution < -0.4 is 10.1 Å². The summed E-state index contributed by atoms with van der Waals surface area (Å²) in [6.07, 6.45) is 4.85. The van der Waals surface area contributed by atoms with E-state index >= 15 is 0 Å². The maximum absolute atomic E-state index is 5.19. The molecule has 1 atom stereocenters. The van der Waals surface area contributed by atoms with Crippen LogP contribution in [0.1, 0.15) is 23.1 Å². The van der Waals surface area contributed by atoms with Gasteiger partial charge in [0.15, 0.2) is 0 Å². The van der Waals surface area contributed by atoms with E-state index in [1.807, 2.05) is 12.1 Å². The molecule has 0 unspecified atom stereocenters. The molecule has 0 aromatic heterocycles. The summed E-state index contributed by atoms with van der Waals surface area (Å²) in [7, 11) is 1.71. The average Bonchev–Trinajstić information content (AvgIpc) is 2.59. The zero-order valence-electron chi connectivity index (χ0n) is 13.3. The van der Waals surface area contributed by atoms with E-state index in [2.05, 4.69) is 41.7 Å². The van der Waals surface area contributed by atoms with E-state index in [9.17, 15) is 0 Å². The smallest absolute Gasteiger partial charge is 0.118 e. The number of methoxy groups -OCH3 is 1. The summed E-state index contributed by atoms with van der Waals surface area (Å²) in [5.41, 5.74) is 4.47. The van der Waals surface area contributed by atoms with Crippen molar-refractivity contribution < 1.29 is 4.74 Å². The number of rotatable bonds is 6. The van der Waals surface area contributed by atoms with Gasteiger partial charge in [-0.25, -0.2) is 0 Å². The van der Waals surface area contributed by atoms with E-state index in [1.54, 1.807) is 18.2 Å². The van der Waals surface area contributed by atoms with Crippen molar-refractivity contribution in [2.24, 2.45) is 5.92 Å². The number of nitrogens with one attached hydrogen (secondary N) is 1. The van der Waals surface area contributed by atoms with E-state index in [0.717, 1.165) is 31.2 Å². The molecule has 1 N–H and O–H groups in total. The summed E-state index contributed by atoms with van der Waals surface area (Å²) in [6.45, 7) is 2.18. The van der Waals surface area contributed by atoms with Gasteiger partial charge in [-0.2, -0.15) is 0 Å². The molecule has 0 radical (unpaired) electrons. The number of hydrogen-bond donors (Lipinski definition) is 1. The quantitative estimate of drug-likeness (QED) is 0.822. The second-order valence-corrected chi connectivity index (χ2v) is 6.18. The van der Waals surface area contributed by atoms with Gasteiger partial charge in [0.2, 0.25) is 0 Å². The molecule has 116 valence electrons. The van der Waals surface area contributed by atoms with E-state index in [0.29, 0.717) is 0 Å². The molecule has 2 aromatic carbocycles. The third-order valence-corrected chi connectivity index (χ3v) is 4.63. The Bertz CT molecular complexity index is 591. The Labute approximate surface area is 133 Å². The van der Waals surface area contributed by atoms with Crippen LogP contribution in [-0.4, -0.2) is 20.2 Å². The van der Waals surface area contributed by atoms with Gasteiger partial charge in [0.25, 0.3) is 0 Å². The van der Waals surface area contributed by atoms with Crippen molar-refractivity contribution in [1.82, 2.24) is 5.32 Å². The van der Waals surface area contributed by atoms with Crippen LogP contribution in [0.4, 0.5) is 0 Å². The van der Waals surface area contributed by atoms with Crippen molar-refractivity contribution in [2.75, 3.05) is 20.2 Å². The second-order valence-electron chi connectivity index (χ2n) is 6.18. The van der Waals surface area contributed by atoms with Crippen LogP contribution in [0.25, 0.3) is 0 Å². The lowest BCUT2D eigenvalue weighted by molar-refractivity contribution is 0.414. The number of benzene rings is 2. The normalized spacial score (nSPS) is 17.0. The molecule has 0 saturated heterocycles. The van der Waals surface area contributed by atoms with Crippen LogP contribution in [0.2, 0.25) is 0 Å². The highest BCUT2D eigenvalue weighted by Gasteiger charge is 2.17. The maximum atomic E-state index is 5.19. The van der Waals surface area contributed by atoms with Crippen molar-refractivity contribution in [3.05, 3.63) is 65.2 Å². The van der Waals surface area contributed by atoms with Crippen molar-refractivity contribution in [1.29, 1.82) is 0 Å². The fourth-order valence-corrected chi connectivity index (χ4v) is 3.28. The molecule has 0 heterocycles. The van der Waals surface area contributed by atoms with E-state index in [-0.39, 0.29) is 0 Å². The molecule has 2 nitrogen and oxygen atoms in total. The molecular weight excluding hydrogens is 270 g/mol. The number of aryl methyl sites for hydroxylation is 1. The van der Waals surface area contributed by atoms with Crippen LogP contribution in [-0.2, 0) is 19.3 Å². The summed E-state index contributed by atoms with van der Waals surface area (Å²) >= 11 is 0. The van der Waals surface area contributed by atoms with Gasteiger partial charge in [-0.15, -0.1) is 0 Å². The first-order valence-electron chi connectivity index (χ1n) is 8.25. The first-order chi connectivity index (χ1) is 10.8. The van der Waals surface area contributed by atoms with Gasteiger partial charge in [-0.1, -0.05) is 36.4 Å². The Balaban J connectivity index is 1.40. The van der Waals surface area contributed by atoms with E-state index in [4.69, 9.17) is 4.74 Å². The van der Waals surface area contributed by atoms with Crippen LogP contribution in [0.5, 0.6) is 5.75 Å². The average molecular weight is 295 g/mol. The first-order valence-corrected chi connectivity index (χ1v) is 8.25. The van der Waals surface area contributed by atoms with Gasteiger partial charge < -0.3 is 10.1 Å². The largest absolute Gasteiger partial charge is 0.497 e. The monoisotopic (exact) mass is 295 g/mol. The minimum atomic E-state index is 0.783. The van der Waals surface area contributed by atoms with Gasteiger partial charge in [0.05, 0.1) is 7.11 Å². The summed E-state index contributed by atoms with van der Waals surface area (Å²) < 4.78 is 5.19. The fraction of sp³-hybridized carbons (Fsp3) is 0.400. The molecule has 0 saturated carbocycles. The Morgan fingerprint density at radius 1 is 1.05 bits per heavy atom. The van der Waals surface area contributed by atoms with Crippen LogP contribution in [0.3, 0.4) is 0 Å². The molecule has 2 aromatic rings. The highest BCUT2D eigenvalue weighted by atomic mass is 16.5. The molecule has 0 aliphatic heterocycles. The van der Waals surface area contributed by atoms with Gasteiger partial charge in [0, 0.05) is 0 Å². The number of fused-ring (bicyclic) bond motifs is 1. The fourth-order valence-electron chi connectivity index (χ4n) is 3.28. The SMILES string of the molecule is COc1ccc(CCNC[C@H]2CCc3ccccc3C2)cc1. The van der Waals surface area contributed by atoms with Crippen LogP contribution >= 0.6 is 0 Å². The lowest BCUT2D eigenvalue weighted by atomic mass is 9.84. The van der Waals surface area contributed by atoms with Crippen molar-refractivity contribution in [3.8, 4) is 5.75 Å². The Morgan fingerprint density at radius 3 is 2.59 bits per heavy atom. The Morgan fingerprint density at radius 2 is 1.82 bits per heavy atom. The highest BCUT2D eigenvalue weighted by Crippen LogP contribution is 2.24. The van der Waals surface area contributed by atoms with Gasteiger partial charge in [0.1, 0.15) is 5.75 Å². The molecule has 1 aliphatic carbocycles. The topological polar surface area (TPSA) is 21.3 Å². The summed E-state index contributed by atoms with van der Waals surface area (Å²) in [5.74, 6) is 1.71. The lowest BCUT2D eigenvalue weighted by Crippen LogP contribution is -2.28. The number of hydrogen-bond acceptors (Lipinski definition) is 2. The molecule has 0 fully saturated rings. The third-order valence-electron chi connectivity index (χ3n) is 4.63. The van der Waals surface area contributed by atoms with Gasteiger partial charge in [-0.05, 0) is 73.5 Å². The molecule has 3 rings (SSSR count). The predicted molar refractivity (Wildman–Crippen MR) is 91.5 cm³/mol. The molecule has 22 heavy (non-hydrogen) atoms. The summed E-state index contributed by atoms with van der Waals surface area (Å²) in [5, 5.41) is 3.63. The lowest BCUT2D eigenvalue weighted by Gasteiger charge is -2.24. The summed E-state index contributed by atoms with van der Waals surface area (Å²) in [6, 6.07) is 17.3. The van der Waals surface area contributed by atoms with Crippen LogP contribution in [0, 0.1) is 5.92 Å². The molecule has 0 amide bonds. The van der Waals surface area contributed by atoms with Gasteiger partial charge in [-0.3, -0.25) is 0 Å². The minimum Gasteiger partial charge on any atom is -0.497 e. The molecule has 2 heteroatoms. The Kier molecular flexibility index (Phi) is 5.12. The van der Waals surface area contributed by atoms with E-state index in [1.165, 1.54) is 24.8 Å². The first kappa shape index (κ1) is 15.1. The zero-order valence-corrected chi connectivity index (χ0v) is 13.3. The minimum absolute atomic E-state index is 0.783. The summed E-state index contributed by atoms with van der Waals surface area (Å²) in [4.78, 5) is 0. The highest BCUT2D eigenvalue weighted by molar-refractivity contribution is 5.30. The van der Waals surface area contributed by atoms with Crippen molar-refractivity contribution in [3.63, 3.8) is 0 Å².